The first kappa shape index (κ1) is 9.96. The van der Waals surface area contributed by atoms with Crippen LogP contribution in [0.1, 0.15) is 41.5 Å². The highest BCUT2D eigenvalue weighted by molar-refractivity contribution is 4.89. The summed E-state index contributed by atoms with van der Waals surface area (Å²) < 4.78 is 0. The van der Waals surface area contributed by atoms with Gasteiger partial charge in [-0.05, 0) is 25.8 Å². The molecule has 1 heteroatoms. The lowest BCUT2D eigenvalue weighted by Crippen LogP contribution is -2.49. The summed E-state index contributed by atoms with van der Waals surface area (Å²) in [6.07, 6.45) is 0. The van der Waals surface area contributed by atoms with Gasteiger partial charge in [0.2, 0.25) is 0 Å². The first-order valence-electron chi connectivity index (χ1n) is 4.06. The predicted octanol–water partition coefficient (Wildman–Crippen LogP) is 2.42. The van der Waals surface area contributed by atoms with Gasteiger partial charge in [-0.2, -0.15) is 0 Å². The summed E-state index contributed by atoms with van der Waals surface area (Å²) in [5.41, 5.74) is 0.574. The highest BCUT2D eigenvalue weighted by atomic mass is 15.0. The van der Waals surface area contributed by atoms with Crippen LogP contribution in [0.5, 0.6) is 0 Å². The van der Waals surface area contributed by atoms with Gasteiger partial charge >= 0.3 is 0 Å². The largest absolute Gasteiger partial charge is 0.312 e. The van der Waals surface area contributed by atoms with Crippen molar-refractivity contribution < 1.29 is 0 Å². The number of nitrogens with one attached hydrogen (secondary N) is 1. The second kappa shape index (κ2) is 2.91. The Hall–Kier alpha value is -0.0400. The van der Waals surface area contributed by atoms with E-state index >= 15 is 0 Å². The summed E-state index contributed by atoms with van der Waals surface area (Å²) in [6.45, 7) is 14.5. The lowest BCUT2D eigenvalue weighted by atomic mass is 9.76. The van der Waals surface area contributed by atoms with Crippen molar-refractivity contribution in [2.75, 3.05) is 6.54 Å². The molecule has 0 saturated carbocycles. The third kappa shape index (κ3) is 2.30. The summed E-state index contributed by atoms with van der Waals surface area (Å²) in [5.74, 6) is 0. The van der Waals surface area contributed by atoms with Gasteiger partial charge in [0.25, 0.3) is 0 Å². The van der Waals surface area contributed by atoms with Crippen LogP contribution in [0, 0.1) is 5.41 Å². The molecular formula is C9H21N. The average Bonchev–Trinajstić information content (AvgIpc) is 1.61. The monoisotopic (exact) mass is 143 g/mol. The standard InChI is InChI=1S/C9H21N/c1-7-10-9(5,6)8(2,3)4/h10H,7H2,1-6H3. The summed E-state index contributed by atoms with van der Waals surface area (Å²) in [4.78, 5) is 0. The van der Waals surface area contributed by atoms with E-state index in [1.165, 1.54) is 0 Å². The van der Waals surface area contributed by atoms with Crippen LogP contribution in [-0.4, -0.2) is 12.1 Å². The van der Waals surface area contributed by atoms with Gasteiger partial charge < -0.3 is 5.32 Å². The van der Waals surface area contributed by atoms with Crippen molar-refractivity contribution >= 4 is 0 Å². The topological polar surface area (TPSA) is 12.0 Å². The van der Waals surface area contributed by atoms with Gasteiger partial charge in [-0.15, -0.1) is 0 Å². The minimum atomic E-state index is 0.238. The zero-order valence-corrected chi connectivity index (χ0v) is 8.21. The molecule has 0 rings (SSSR count). The lowest BCUT2D eigenvalue weighted by Gasteiger charge is -2.39. The van der Waals surface area contributed by atoms with Crippen molar-refractivity contribution in [2.45, 2.75) is 47.1 Å². The Morgan fingerprint density at radius 3 is 1.50 bits per heavy atom. The molecule has 10 heavy (non-hydrogen) atoms. The van der Waals surface area contributed by atoms with Crippen molar-refractivity contribution in [3.63, 3.8) is 0 Å². The Labute approximate surface area is 65.2 Å². The lowest BCUT2D eigenvalue weighted by molar-refractivity contribution is 0.180. The van der Waals surface area contributed by atoms with Crippen LogP contribution >= 0.6 is 0 Å². The molecule has 0 atom stereocenters. The predicted molar refractivity (Wildman–Crippen MR) is 47.2 cm³/mol. The molecule has 0 fully saturated rings. The number of rotatable bonds is 2. The molecule has 0 amide bonds. The van der Waals surface area contributed by atoms with Crippen molar-refractivity contribution in [3.05, 3.63) is 0 Å². The van der Waals surface area contributed by atoms with Crippen molar-refractivity contribution in [1.29, 1.82) is 0 Å². The maximum absolute atomic E-state index is 3.46. The zero-order chi connectivity index (χ0) is 8.41. The molecule has 0 aromatic heterocycles. The van der Waals surface area contributed by atoms with E-state index in [0.29, 0.717) is 5.41 Å². The van der Waals surface area contributed by atoms with Crippen molar-refractivity contribution in [1.82, 2.24) is 5.32 Å². The summed E-state index contributed by atoms with van der Waals surface area (Å²) in [6, 6.07) is 0. The average molecular weight is 143 g/mol. The third-order valence-corrected chi connectivity index (χ3v) is 2.49. The maximum Gasteiger partial charge on any atom is 0.0173 e. The molecule has 0 aliphatic carbocycles. The van der Waals surface area contributed by atoms with Crippen LogP contribution in [-0.2, 0) is 0 Å². The van der Waals surface area contributed by atoms with Crippen LogP contribution in [0.4, 0.5) is 0 Å². The molecule has 1 N–H and O–H groups in total. The van der Waals surface area contributed by atoms with Gasteiger partial charge in [-0.25, -0.2) is 0 Å². The van der Waals surface area contributed by atoms with E-state index in [0.717, 1.165) is 6.54 Å². The van der Waals surface area contributed by atoms with Crippen LogP contribution in [0.3, 0.4) is 0 Å². The Morgan fingerprint density at radius 1 is 1.00 bits per heavy atom. The maximum atomic E-state index is 3.46. The van der Waals surface area contributed by atoms with E-state index in [9.17, 15) is 0 Å². The highest BCUT2D eigenvalue weighted by Gasteiger charge is 2.31. The fourth-order valence-electron chi connectivity index (χ4n) is 0.707. The van der Waals surface area contributed by atoms with Crippen LogP contribution < -0.4 is 5.32 Å². The summed E-state index contributed by atoms with van der Waals surface area (Å²) in [5, 5.41) is 3.46. The van der Waals surface area contributed by atoms with Crippen LogP contribution in [0.2, 0.25) is 0 Å². The van der Waals surface area contributed by atoms with E-state index in [2.05, 4.69) is 46.9 Å². The molecule has 1 nitrogen and oxygen atoms in total. The molecule has 0 aliphatic rings. The van der Waals surface area contributed by atoms with Crippen LogP contribution in [0.15, 0.2) is 0 Å². The van der Waals surface area contributed by atoms with E-state index < -0.39 is 0 Å². The third-order valence-electron chi connectivity index (χ3n) is 2.49. The molecule has 0 spiro atoms. The Balaban J connectivity index is 4.10. The molecule has 0 bridgehead atoms. The Morgan fingerprint density at radius 2 is 1.40 bits per heavy atom. The molecule has 0 unspecified atom stereocenters. The fraction of sp³-hybridized carbons (Fsp3) is 1.00. The molecule has 62 valence electrons. The second-order valence-corrected chi connectivity index (χ2v) is 4.41. The van der Waals surface area contributed by atoms with E-state index in [1.807, 2.05) is 0 Å². The van der Waals surface area contributed by atoms with Gasteiger partial charge in [0.15, 0.2) is 0 Å². The molecule has 0 heterocycles. The molecule has 0 radical (unpaired) electrons. The van der Waals surface area contributed by atoms with Gasteiger partial charge in [-0.3, -0.25) is 0 Å². The molecule has 0 aromatic rings. The van der Waals surface area contributed by atoms with Gasteiger partial charge in [0, 0.05) is 5.54 Å². The number of hydrogen-bond donors (Lipinski definition) is 1. The number of hydrogen-bond acceptors (Lipinski definition) is 1. The molecule has 0 aliphatic heterocycles. The Bertz CT molecular complexity index is 97.8. The SMILES string of the molecule is CCNC(C)(C)C(C)(C)C. The molecular weight excluding hydrogens is 122 g/mol. The van der Waals surface area contributed by atoms with Gasteiger partial charge in [0.05, 0.1) is 0 Å². The zero-order valence-electron chi connectivity index (χ0n) is 8.21. The van der Waals surface area contributed by atoms with Crippen LogP contribution in [0.25, 0.3) is 0 Å². The highest BCUT2D eigenvalue weighted by Crippen LogP contribution is 2.28. The molecule has 0 saturated heterocycles. The van der Waals surface area contributed by atoms with Gasteiger partial charge in [0.1, 0.15) is 0 Å². The first-order chi connectivity index (χ1) is 4.31. The van der Waals surface area contributed by atoms with Gasteiger partial charge in [-0.1, -0.05) is 27.7 Å². The van der Waals surface area contributed by atoms with Crippen molar-refractivity contribution in [3.8, 4) is 0 Å². The summed E-state index contributed by atoms with van der Waals surface area (Å²) >= 11 is 0. The van der Waals surface area contributed by atoms with E-state index in [1.54, 1.807) is 0 Å². The fourth-order valence-corrected chi connectivity index (χ4v) is 0.707. The summed E-state index contributed by atoms with van der Waals surface area (Å²) in [7, 11) is 0. The Kier molecular flexibility index (Phi) is 2.90. The normalized spacial score (nSPS) is 13.8. The quantitative estimate of drug-likeness (QED) is 0.626. The van der Waals surface area contributed by atoms with Crippen molar-refractivity contribution in [2.24, 2.45) is 5.41 Å². The minimum absolute atomic E-state index is 0.238. The van der Waals surface area contributed by atoms with E-state index in [4.69, 9.17) is 0 Å². The minimum Gasteiger partial charge on any atom is -0.312 e. The molecule has 0 aromatic carbocycles. The smallest absolute Gasteiger partial charge is 0.0173 e. The second-order valence-electron chi connectivity index (χ2n) is 4.41. The first-order valence-corrected chi connectivity index (χ1v) is 4.06. The van der Waals surface area contributed by atoms with E-state index in [-0.39, 0.29) is 5.54 Å².